The standard InChI is InChI=1S/C24H18F3N3O3S/c1-13(14-5-4-6-16(11-14)33-23(26)27)28-21(31)15-9-10-17-19(12-15)29-24(34)30(22(17)32)20-8-3-2-7-18(20)25/h2-13,23H,1H3,(H,28,31)(H,29,34). The van der Waals surface area contributed by atoms with Crippen LogP contribution in [0.25, 0.3) is 16.6 Å². The lowest BCUT2D eigenvalue weighted by atomic mass is 10.1. The third-order valence-corrected chi connectivity index (χ3v) is 5.47. The van der Waals surface area contributed by atoms with Crippen LogP contribution in [-0.4, -0.2) is 22.1 Å². The van der Waals surface area contributed by atoms with E-state index >= 15 is 0 Å². The smallest absolute Gasteiger partial charge is 0.387 e. The molecule has 0 aliphatic heterocycles. The van der Waals surface area contributed by atoms with Crippen molar-refractivity contribution in [1.29, 1.82) is 0 Å². The number of fused-ring (bicyclic) bond motifs is 1. The van der Waals surface area contributed by atoms with Crippen LogP contribution in [0.4, 0.5) is 13.2 Å². The second-order valence-corrected chi connectivity index (χ2v) is 7.82. The van der Waals surface area contributed by atoms with Gasteiger partial charge in [-0.1, -0.05) is 24.3 Å². The zero-order valence-corrected chi connectivity index (χ0v) is 18.5. The summed E-state index contributed by atoms with van der Waals surface area (Å²) in [6.07, 6.45) is 0. The predicted molar refractivity (Wildman–Crippen MR) is 124 cm³/mol. The molecule has 1 atom stereocenters. The number of alkyl halides is 2. The molecule has 0 aliphatic rings. The van der Waals surface area contributed by atoms with Crippen molar-refractivity contribution >= 4 is 29.0 Å². The molecule has 0 radical (unpaired) electrons. The van der Waals surface area contributed by atoms with E-state index in [0.717, 1.165) is 4.57 Å². The van der Waals surface area contributed by atoms with Crippen molar-refractivity contribution in [3.63, 3.8) is 0 Å². The van der Waals surface area contributed by atoms with Gasteiger partial charge in [0.2, 0.25) is 0 Å². The summed E-state index contributed by atoms with van der Waals surface area (Å²) in [4.78, 5) is 28.7. The highest BCUT2D eigenvalue weighted by Gasteiger charge is 2.16. The molecule has 1 heterocycles. The number of rotatable bonds is 6. The van der Waals surface area contributed by atoms with Crippen molar-refractivity contribution < 1.29 is 22.7 Å². The molecule has 1 amide bonds. The Morgan fingerprint density at radius 2 is 1.85 bits per heavy atom. The number of amides is 1. The maximum atomic E-state index is 14.2. The maximum Gasteiger partial charge on any atom is 0.387 e. The fourth-order valence-electron chi connectivity index (χ4n) is 3.53. The number of benzene rings is 3. The van der Waals surface area contributed by atoms with Gasteiger partial charge in [-0.15, -0.1) is 0 Å². The van der Waals surface area contributed by atoms with E-state index in [1.54, 1.807) is 25.1 Å². The van der Waals surface area contributed by atoms with E-state index in [2.05, 4.69) is 15.0 Å². The Balaban J connectivity index is 1.63. The number of para-hydroxylation sites is 1. The summed E-state index contributed by atoms with van der Waals surface area (Å²) < 4.78 is 44.6. The van der Waals surface area contributed by atoms with Crippen molar-refractivity contribution in [2.45, 2.75) is 19.6 Å². The molecule has 0 spiro atoms. The second-order valence-electron chi connectivity index (χ2n) is 7.43. The molecule has 4 aromatic rings. The molecule has 6 nitrogen and oxygen atoms in total. The van der Waals surface area contributed by atoms with Crippen molar-refractivity contribution in [3.05, 3.63) is 98.8 Å². The molecule has 4 rings (SSSR count). The number of aromatic amines is 1. The largest absolute Gasteiger partial charge is 0.435 e. The van der Waals surface area contributed by atoms with Gasteiger partial charge in [-0.05, 0) is 67.2 Å². The van der Waals surface area contributed by atoms with Crippen LogP contribution in [-0.2, 0) is 0 Å². The molecular formula is C24H18F3N3O3S. The first-order valence-corrected chi connectivity index (χ1v) is 10.5. The van der Waals surface area contributed by atoms with E-state index in [1.807, 2.05) is 0 Å². The van der Waals surface area contributed by atoms with Gasteiger partial charge in [0.1, 0.15) is 11.6 Å². The number of hydrogen-bond acceptors (Lipinski definition) is 4. The van der Waals surface area contributed by atoms with Gasteiger partial charge in [0.25, 0.3) is 11.5 Å². The van der Waals surface area contributed by atoms with E-state index in [9.17, 15) is 22.8 Å². The van der Waals surface area contributed by atoms with Crippen LogP contribution in [0.5, 0.6) is 5.75 Å². The number of H-pyrrole nitrogens is 1. The van der Waals surface area contributed by atoms with Crippen LogP contribution in [0.1, 0.15) is 28.9 Å². The summed E-state index contributed by atoms with van der Waals surface area (Å²) >= 11 is 5.27. The Bertz CT molecular complexity index is 1500. The summed E-state index contributed by atoms with van der Waals surface area (Å²) in [6.45, 7) is -1.26. The number of halogens is 3. The third-order valence-electron chi connectivity index (χ3n) is 5.18. The zero-order valence-electron chi connectivity index (χ0n) is 17.7. The zero-order chi connectivity index (χ0) is 24.4. The molecule has 10 heteroatoms. The lowest BCUT2D eigenvalue weighted by molar-refractivity contribution is -0.0499. The van der Waals surface area contributed by atoms with Crippen molar-refractivity contribution in [2.75, 3.05) is 0 Å². The summed E-state index contributed by atoms with van der Waals surface area (Å²) in [7, 11) is 0. The minimum Gasteiger partial charge on any atom is -0.435 e. The molecule has 0 bridgehead atoms. The Kier molecular flexibility index (Phi) is 6.51. The van der Waals surface area contributed by atoms with Gasteiger partial charge < -0.3 is 15.0 Å². The minimum atomic E-state index is -2.95. The van der Waals surface area contributed by atoms with Gasteiger partial charge in [-0.3, -0.25) is 9.59 Å². The molecule has 2 N–H and O–H groups in total. The molecule has 1 aromatic heterocycles. The van der Waals surface area contributed by atoms with Gasteiger partial charge in [0.05, 0.1) is 22.6 Å². The number of hydrogen-bond donors (Lipinski definition) is 2. The molecular weight excluding hydrogens is 467 g/mol. The summed E-state index contributed by atoms with van der Waals surface area (Å²) in [5, 5.41) is 3.00. The van der Waals surface area contributed by atoms with Gasteiger partial charge in [0, 0.05) is 5.56 Å². The van der Waals surface area contributed by atoms with Crippen LogP contribution in [0.3, 0.4) is 0 Å². The third kappa shape index (κ3) is 4.72. The SMILES string of the molecule is CC(NC(=O)c1ccc2c(=O)n(-c3ccccc3F)c(=S)[nH]c2c1)c1cccc(OC(F)F)c1. The Morgan fingerprint density at radius 3 is 2.59 bits per heavy atom. The topological polar surface area (TPSA) is 76.1 Å². The highest BCUT2D eigenvalue weighted by atomic mass is 32.1. The minimum absolute atomic E-state index is 0.0157. The van der Waals surface area contributed by atoms with E-state index in [1.165, 1.54) is 48.5 Å². The first kappa shape index (κ1) is 23.2. The van der Waals surface area contributed by atoms with Crippen molar-refractivity contribution in [3.8, 4) is 11.4 Å². The normalized spacial score (nSPS) is 12.0. The number of ether oxygens (including phenoxy) is 1. The lowest BCUT2D eigenvalue weighted by Crippen LogP contribution is -2.27. The van der Waals surface area contributed by atoms with Crippen molar-refractivity contribution in [1.82, 2.24) is 14.9 Å². The Hall–Kier alpha value is -3.92. The van der Waals surface area contributed by atoms with E-state index in [-0.39, 0.29) is 27.2 Å². The lowest BCUT2D eigenvalue weighted by Gasteiger charge is -2.16. The number of nitrogens with one attached hydrogen (secondary N) is 2. The van der Waals surface area contributed by atoms with E-state index < -0.39 is 29.9 Å². The number of carbonyl (C=O) groups is 1. The Labute approximate surface area is 196 Å². The molecule has 0 fully saturated rings. The van der Waals surface area contributed by atoms with Crippen LogP contribution in [0.2, 0.25) is 0 Å². The van der Waals surface area contributed by atoms with Crippen molar-refractivity contribution in [2.24, 2.45) is 0 Å². The first-order valence-electron chi connectivity index (χ1n) is 10.1. The van der Waals surface area contributed by atoms with Crippen LogP contribution < -0.4 is 15.6 Å². The Morgan fingerprint density at radius 1 is 1.09 bits per heavy atom. The highest BCUT2D eigenvalue weighted by molar-refractivity contribution is 7.71. The van der Waals surface area contributed by atoms with E-state index in [0.29, 0.717) is 11.1 Å². The summed E-state index contributed by atoms with van der Waals surface area (Å²) in [5.41, 5.74) is 0.618. The molecule has 0 aliphatic carbocycles. The monoisotopic (exact) mass is 485 g/mol. The van der Waals surface area contributed by atoms with Gasteiger partial charge in [0.15, 0.2) is 4.77 Å². The quantitative estimate of drug-likeness (QED) is 0.365. The molecule has 3 aromatic carbocycles. The van der Waals surface area contributed by atoms with Crippen LogP contribution in [0, 0.1) is 10.6 Å². The average Bonchev–Trinajstić information content (AvgIpc) is 2.79. The molecule has 174 valence electrons. The number of aromatic nitrogens is 2. The molecule has 34 heavy (non-hydrogen) atoms. The first-order chi connectivity index (χ1) is 16.2. The van der Waals surface area contributed by atoms with Crippen LogP contribution >= 0.6 is 12.2 Å². The average molecular weight is 485 g/mol. The predicted octanol–water partition coefficient (Wildman–Crippen LogP) is 5.28. The number of nitrogens with zero attached hydrogens (tertiary/aromatic N) is 1. The summed E-state index contributed by atoms with van der Waals surface area (Å²) in [5.74, 6) is -1.07. The fourth-order valence-corrected chi connectivity index (χ4v) is 3.83. The van der Waals surface area contributed by atoms with Gasteiger partial charge in [-0.2, -0.15) is 8.78 Å². The highest BCUT2D eigenvalue weighted by Crippen LogP contribution is 2.21. The molecule has 1 unspecified atom stereocenters. The molecule has 0 saturated carbocycles. The van der Waals surface area contributed by atoms with Gasteiger partial charge >= 0.3 is 6.61 Å². The van der Waals surface area contributed by atoms with E-state index in [4.69, 9.17) is 12.2 Å². The van der Waals surface area contributed by atoms with Gasteiger partial charge in [-0.25, -0.2) is 8.96 Å². The second kappa shape index (κ2) is 9.52. The number of carbonyl (C=O) groups excluding carboxylic acids is 1. The fraction of sp³-hybridized carbons (Fsp3) is 0.125. The van der Waals surface area contributed by atoms with Crippen LogP contribution in [0.15, 0.2) is 71.5 Å². The molecule has 0 saturated heterocycles. The maximum absolute atomic E-state index is 14.2. The summed E-state index contributed by atoms with van der Waals surface area (Å²) in [6, 6.07) is 15.7.